The van der Waals surface area contributed by atoms with E-state index in [1.165, 1.54) is 6.07 Å². The van der Waals surface area contributed by atoms with Gasteiger partial charge < -0.3 is 14.3 Å². The molecule has 0 saturated heterocycles. The van der Waals surface area contributed by atoms with E-state index in [1.54, 1.807) is 36.4 Å². The Balaban J connectivity index is 2.00. The lowest BCUT2D eigenvalue weighted by Crippen LogP contribution is -2.26. The minimum absolute atomic E-state index is 0.00277. The molecule has 2 aromatic carbocycles. The van der Waals surface area contributed by atoms with Gasteiger partial charge in [-0.15, -0.1) is 0 Å². The summed E-state index contributed by atoms with van der Waals surface area (Å²) in [5.74, 6) is -0.815. The van der Waals surface area contributed by atoms with Crippen LogP contribution in [0.15, 0.2) is 51.7 Å². The van der Waals surface area contributed by atoms with Gasteiger partial charge in [0.25, 0.3) is 0 Å². The van der Waals surface area contributed by atoms with Gasteiger partial charge >= 0.3 is 11.6 Å². The highest BCUT2D eigenvalue weighted by Gasteiger charge is 2.34. The van der Waals surface area contributed by atoms with Crippen molar-refractivity contribution in [1.29, 1.82) is 0 Å². The summed E-state index contributed by atoms with van der Waals surface area (Å²) in [5.41, 5.74) is 0.733. The van der Waals surface area contributed by atoms with Crippen molar-refractivity contribution in [1.82, 2.24) is 0 Å². The monoisotopic (exact) mass is 342 g/mol. The molecule has 120 valence electrons. The Morgan fingerprint density at radius 2 is 1.92 bits per heavy atom. The Bertz CT molecular complexity index is 1040. The fourth-order valence-corrected chi connectivity index (χ4v) is 3.18. The van der Waals surface area contributed by atoms with Gasteiger partial charge in [0.1, 0.15) is 11.3 Å². The zero-order chi connectivity index (χ0) is 16.8. The summed E-state index contributed by atoms with van der Waals surface area (Å²) < 4.78 is 10.7. The van der Waals surface area contributed by atoms with Crippen LogP contribution in [0.1, 0.15) is 23.5 Å². The minimum atomic E-state index is -0.551. The summed E-state index contributed by atoms with van der Waals surface area (Å²) in [6, 6.07) is 11.5. The van der Waals surface area contributed by atoms with Gasteiger partial charge in [-0.25, -0.2) is 4.79 Å². The van der Waals surface area contributed by atoms with Crippen LogP contribution in [-0.2, 0) is 4.79 Å². The molecule has 6 heteroatoms. The number of carbonyl (C=O) groups excluding carboxylic acids is 1. The molecule has 1 aliphatic rings. The molecule has 1 atom stereocenters. The maximum Gasteiger partial charge on any atom is 0.343 e. The second-order valence-corrected chi connectivity index (χ2v) is 5.98. The molecular weight excluding hydrogens is 332 g/mol. The Kier molecular flexibility index (Phi) is 3.32. The lowest BCUT2D eigenvalue weighted by molar-refractivity contribution is -0.135. The van der Waals surface area contributed by atoms with Crippen molar-refractivity contribution in [2.45, 2.75) is 12.3 Å². The van der Waals surface area contributed by atoms with Crippen LogP contribution in [0.4, 0.5) is 0 Å². The topological polar surface area (TPSA) is 76.7 Å². The van der Waals surface area contributed by atoms with Crippen LogP contribution in [0.3, 0.4) is 0 Å². The third-order valence-electron chi connectivity index (χ3n) is 4.11. The van der Waals surface area contributed by atoms with Crippen molar-refractivity contribution >= 4 is 28.5 Å². The first kappa shape index (κ1) is 14.8. The van der Waals surface area contributed by atoms with Crippen molar-refractivity contribution in [3.05, 3.63) is 69.0 Å². The Labute approximate surface area is 141 Å². The van der Waals surface area contributed by atoms with Gasteiger partial charge in [0.05, 0.1) is 22.4 Å². The van der Waals surface area contributed by atoms with Gasteiger partial charge in [-0.1, -0.05) is 29.8 Å². The average molecular weight is 343 g/mol. The Hall–Kier alpha value is -2.79. The number of aromatic hydroxyl groups is 1. The number of ether oxygens (including phenoxy) is 1. The van der Waals surface area contributed by atoms with Crippen LogP contribution in [0, 0.1) is 0 Å². The molecule has 0 unspecified atom stereocenters. The molecule has 1 aliphatic heterocycles. The molecule has 5 nitrogen and oxygen atoms in total. The second-order valence-electron chi connectivity index (χ2n) is 5.57. The van der Waals surface area contributed by atoms with Crippen LogP contribution in [0.2, 0.25) is 5.02 Å². The molecule has 24 heavy (non-hydrogen) atoms. The first-order valence-electron chi connectivity index (χ1n) is 7.29. The van der Waals surface area contributed by atoms with E-state index in [9.17, 15) is 14.7 Å². The lowest BCUT2D eigenvalue weighted by Gasteiger charge is -2.24. The maximum absolute atomic E-state index is 12.5. The predicted octanol–water partition coefficient (Wildman–Crippen LogP) is 3.59. The van der Waals surface area contributed by atoms with Crippen molar-refractivity contribution < 1.29 is 19.1 Å². The Morgan fingerprint density at radius 1 is 1.12 bits per heavy atom. The van der Waals surface area contributed by atoms with E-state index in [4.69, 9.17) is 20.8 Å². The SMILES string of the molecule is O=C1C[C@@H](c2ccc(O)c(Cl)c2)c2c(c3ccccc3oc2=O)O1. The molecular formula is C18H11ClO5. The number of hydrogen-bond acceptors (Lipinski definition) is 5. The number of para-hydroxylation sites is 1. The number of hydrogen-bond donors (Lipinski definition) is 1. The minimum Gasteiger partial charge on any atom is -0.506 e. The van der Waals surface area contributed by atoms with E-state index in [1.807, 2.05) is 0 Å². The zero-order valence-corrected chi connectivity index (χ0v) is 13.0. The molecule has 0 amide bonds. The highest BCUT2D eigenvalue weighted by molar-refractivity contribution is 6.32. The lowest BCUT2D eigenvalue weighted by atomic mass is 9.86. The number of carbonyl (C=O) groups is 1. The summed E-state index contributed by atoms with van der Waals surface area (Å²) in [4.78, 5) is 24.6. The molecule has 0 spiro atoms. The van der Waals surface area contributed by atoms with Crippen LogP contribution >= 0.6 is 11.6 Å². The molecule has 3 aromatic rings. The maximum atomic E-state index is 12.5. The molecule has 0 fully saturated rings. The summed E-state index contributed by atoms with van der Waals surface area (Å²) >= 11 is 5.96. The second kappa shape index (κ2) is 5.39. The first-order chi connectivity index (χ1) is 11.5. The Morgan fingerprint density at radius 3 is 2.71 bits per heavy atom. The quantitative estimate of drug-likeness (QED) is 0.540. The summed E-state index contributed by atoms with van der Waals surface area (Å²) in [6.45, 7) is 0. The molecule has 2 heterocycles. The van der Waals surface area contributed by atoms with Gasteiger partial charge in [-0.3, -0.25) is 4.79 Å². The van der Waals surface area contributed by atoms with E-state index in [-0.39, 0.29) is 28.5 Å². The van der Waals surface area contributed by atoms with Crippen LogP contribution < -0.4 is 10.4 Å². The van der Waals surface area contributed by atoms with Crippen molar-refractivity contribution in [2.24, 2.45) is 0 Å². The third-order valence-corrected chi connectivity index (χ3v) is 4.41. The predicted molar refractivity (Wildman–Crippen MR) is 87.7 cm³/mol. The molecule has 0 radical (unpaired) electrons. The fourth-order valence-electron chi connectivity index (χ4n) is 2.99. The first-order valence-corrected chi connectivity index (χ1v) is 7.67. The molecule has 0 saturated carbocycles. The van der Waals surface area contributed by atoms with E-state index in [0.29, 0.717) is 16.5 Å². The third kappa shape index (κ3) is 2.25. The summed E-state index contributed by atoms with van der Waals surface area (Å²) in [6.07, 6.45) is -0.00277. The summed E-state index contributed by atoms with van der Waals surface area (Å²) in [5, 5.41) is 10.3. The standard InChI is InChI=1S/C18H11ClO5/c19-12-7-9(5-6-13(12)20)11-8-15(21)24-17-10-3-1-2-4-14(10)23-18(22)16(11)17/h1-7,11,20H,8H2/t11-/m0/s1. The van der Waals surface area contributed by atoms with Crippen molar-refractivity contribution in [2.75, 3.05) is 0 Å². The van der Waals surface area contributed by atoms with Gasteiger partial charge in [0.2, 0.25) is 0 Å². The average Bonchev–Trinajstić information content (AvgIpc) is 2.56. The number of benzene rings is 2. The molecule has 1 aromatic heterocycles. The molecule has 0 aliphatic carbocycles. The molecule has 1 N–H and O–H groups in total. The number of esters is 1. The highest BCUT2D eigenvalue weighted by Crippen LogP contribution is 2.41. The number of phenolic OH excluding ortho intramolecular Hbond substituents is 1. The zero-order valence-electron chi connectivity index (χ0n) is 12.3. The van der Waals surface area contributed by atoms with E-state index >= 15 is 0 Å². The molecule has 4 rings (SSSR count). The van der Waals surface area contributed by atoms with Crippen LogP contribution in [0.25, 0.3) is 11.0 Å². The van der Waals surface area contributed by atoms with Gasteiger partial charge in [0, 0.05) is 5.92 Å². The van der Waals surface area contributed by atoms with E-state index in [2.05, 4.69) is 0 Å². The van der Waals surface area contributed by atoms with Gasteiger partial charge in [0.15, 0.2) is 5.75 Å². The van der Waals surface area contributed by atoms with Gasteiger partial charge in [-0.2, -0.15) is 0 Å². The van der Waals surface area contributed by atoms with Crippen LogP contribution in [0.5, 0.6) is 11.5 Å². The number of phenols is 1. The van der Waals surface area contributed by atoms with E-state index < -0.39 is 17.5 Å². The number of fused-ring (bicyclic) bond motifs is 3. The van der Waals surface area contributed by atoms with Crippen LogP contribution in [-0.4, -0.2) is 11.1 Å². The van der Waals surface area contributed by atoms with E-state index in [0.717, 1.165) is 0 Å². The van der Waals surface area contributed by atoms with Crippen molar-refractivity contribution in [3.63, 3.8) is 0 Å². The highest BCUT2D eigenvalue weighted by atomic mass is 35.5. The number of rotatable bonds is 1. The largest absolute Gasteiger partial charge is 0.506 e. The molecule has 0 bridgehead atoms. The fraction of sp³-hybridized carbons (Fsp3) is 0.111. The smallest absolute Gasteiger partial charge is 0.343 e. The normalized spacial score (nSPS) is 16.7. The van der Waals surface area contributed by atoms with Gasteiger partial charge in [-0.05, 0) is 29.8 Å². The summed E-state index contributed by atoms with van der Waals surface area (Å²) in [7, 11) is 0. The number of halogens is 1. The van der Waals surface area contributed by atoms with Crippen molar-refractivity contribution in [3.8, 4) is 11.5 Å².